The average Bonchev–Trinajstić information content (AvgIpc) is 3.21. The SMILES string of the molecule is Cn1c(Cn2nnc(-c3ccccc3)n2)nnc1SCC(=O)NC(C)(C)C. The quantitative estimate of drug-likeness (QED) is 0.641. The van der Waals surface area contributed by atoms with Crippen LogP contribution in [-0.4, -0.2) is 52.2 Å². The van der Waals surface area contributed by atoms with Gasteiger partial charge in [-0.1, -0.05) is 42.1 Å². The van der Waals surface area contributed by atoms with Crippen LogP contribution in [0.3, 0.4) is 0 Å². The highest BCUT2D eigenvalue weighted by atomic mass is 32.2. The highest BCUT2D eigenvalue weighted by Crippen LogP contribution is 2.17. The lowest BCUT2D eigenvalue weighted by atomic mass is 10.1. The van der Waals surface area contributed by atoms with Gasteiger partial charge in [-0.25, -0.2) is 0 Å². The number of carbonyl (C=O) groups excluding carboxylic acids is 1. The lowest BCUT2D eigenvalue weighted by molar-refractivity contribution is -0.119. The molecule has 9 nitrogen and oxygen atoms in total. The number of aromatic nitrogens is 7. The summed E-state index contributed by atoms with van der Waals surface area (Å²) in [4.78, 5) is 13.4. The maximum absolute atomic E-state index is 12.0. The van der Waals surface area contributed by atoms with E-state index in [0.29, 0.717) is 23.4 Å². The van der Waals surface area contributed by atoms with E-state index in [1.165, 1.54) is 16.6 Å². The molecule has 1 N–H and O–H groups in total. The maximum Gasteiger partial charge on any atom is 0.230 e. The van der Waals surface area contributed by atoms with Gasteiger partial charge in [0, 0.05) is 18.2 Å². The Morgan fingerprint density at radius 2 is 1.89 bits per heavy atom. The van der Waals surface area contributed by atoms with Gasteiger partial charge in [0.25, 0.3) is 0 Å². The molecule has 2 aromatic heterocycles. The minimum Gasteiger partial charge on any atom is -0.351 e. The Labute approximate surface area is 161 Å². The minimum atomic E-state index is -0.252. The molecule has 0 saturated heterocycles. The standard InChI is InChI=1S/C17H22N8OS/c1-17(2,3)18-14(26)11-27-16-21-19-13(24(16)4)10-25-22-15(20-23-25)12-8-6-5-7-9-12/h5-9H,10-11H2,1-4H3,(H,18,26). The third-order valence-corrected chi connectivity index (χ3v) is 4.56. The first kappa shape index (κ1) is 19.0. The lowest BCUT2D eigenvalue weighted by Gasteiger charge is -2.20. The summed E-state index contributed by atoms with van der Waals surface area (Å²) in [7, 11) is 1.86. The van der Waals surface area contributed by atoms with Gasteiger partial charge >= 0.3 is 0 Å². The highest BCUT2D eigenvalue weighted by Gasteiger charge is 2.16. The maximum atomic E-state index is 12.0. The molecule has 0 bridgehead atoms. The second-order valence-electron chi connectivity index (χ2n) is 7.05. The van der Waals surface area contributed by atoms with Crippen LogP contribution in [-0.2, 0) is 18.4 Å². The molecule has 0 aliphatic rings. The lowest BCUT2D eigenvalue weighted by Crippen LogP contribution is -2.41. The molecule has 0 unspecified atom stereocenters. The predicted octanol–water partition coefficient (Wildman–Crippen LogP) is 1.52. The van der Waals surface area contributed by atoms with Crippen molar-refractivity contribution in [3.63, 3.8) is 0 Å². The van der Waals surface area contributed by atoms with Crippen molar-refractivity contribution in [2.45, 2.75) is 38.0 Å². The van der Waals surface area contributed by atoms with Gasteiger partial charge in [0.15, 0.2) is 11.0 Å². The van der Waals surface area contributed by atoms with Gasteiger partial charge in [0.2, 0.25) is 11.7 Å². The van der Waals surface area contributed by atoms with E-state index in [9.17, 15) is 4.79 Å². The first-order valence-corrected chi connectivity index (χ1v) is 9.46. The van der Waals surface area contributed by atoms with Gasteiger partial charge in [0.1, 0.15) is 6.54 Å². The van der Waals surface area contributed by atoms with Crippen molar-refractivity contribution in [3.05, 3.63) is 36.2 Å². The van der Waals surface area contributed by atoms with Crippen LogP contribution in [0.5, 0.6) is 0 Å². The number of nitrogens with one attached hydrogen (secondary N) is 1. The van der Waals surface area contributed by atoms with Gasteiger partial charge in [-0.05, 0) is 26.0 Å². The Balaban J connectivity index is 1.62. The molecule has 0 fully saturated rings. The number of rotatable bonds is 6. The topological polar surface area (TPSA) is 103 Å². The number of nitrogens with zero attached hydrogens (tertiary/aromatic N) is 7. The summed E-state index contributed by atoms with van der Waals surface area (Å²) in [6, 6.07) is 9.66. The number of carbonyl (C=O) groups is 1. The van der Waals surface area contributed by atoms with Gasteiger partial charge < -0.3 is 9.88 Å². The molecule has 3 rings (SSSR count). The van der Waals surface area contributed by atoms with Crippen molar-refractivity contribution in [3.8, 4) is 11.4 Å². The first-order valence-electron chi connectivity index (χ1n) is 8.47. The third-order valence-electron chi connectivity index (χ3n) is 3.54. The van der Waals surface area contributed by atoms with Gasteiger partial charge in [-0.2, -0.15) is 4.80 Å². The number of amides is 1. The van der Waals surface area contributed by atoms with Crippen LogP contribution in [0, 0.1) is 0 Å². The molecule has 0 saturated carbocycles. The van der Waals surface area contributed by atoms with E-state index in [4.69, 9.17) is 0 Å². The summed E-state index contributed by atoms with van der Waals surface area (Å²) in [6.45, 7) is 6.19. The zero-order valence-corrected chi connectivity index (χ0v) is 16.6. The molecule has 1 aromatic carbocycles. The van der Waals surface area contributed by atoms with Crippen LogP contribution in [0.2, 0.25) is 0 Å². The fourth-order valence-corrected chi connectivity index (χ4v) is 3.06. The van der Waals surface area contributed by atoms with Crippen molar-refractivity contribution in [2.24, 2.45) is 7.05 Å². The van der Waals surface area contributed by atoms with Gasteiger partial charge in [0.05, 0.1) is 5.75 Å². The van der Waals surface area contributed by atoms with Gasteiger partial charge in [-0.3, -0.25) is 4.79 Å². The fourth-order valence-electron chi connectivity index (χ4n) is 2.33. The molecule has 3 aromatic rings. The molecular weight excluding hydrogens is 364 g/mol. The smallest absolute Gasteiger partial charge is 0.230 e. The molecule has 0 atom stereocenters. The first-order chi connectivity index (χ1) is 12.8. The van der Waals surface area contributed by atoms with E-state index < -0.39 is 0 Å². The fraction of sp³-hybridized carbons (Fsp3) is 0.412. The van der Waals surface area contributed by atoms with Crippen LogP contribution in [0.15, 0.2) is 35.5 Å². The van der Waals surface area contributed by atoms with Crippen LogP contribution < -0.4 is 5.32 Å². The van der Waals surface area contributed by atoms with Crippen LogP contribution in [0.4, 0.5) is 0 Å². The summed E-state index contributed by atoms with van der Waals surface area (Å²) in [5, 5.41) is 24.5. The molecule has 27 heavy (non-hydrogen) atoms. The number of hydrogen-bond acceptors (Lipinski definition) is 7. The Kier molecular flexibility index (Phi) is 5.54. The average molecular weight is 386 g/mol. The Morgan fingerprint density at radius 3 is 2.59 bits per heavy atom. The van der Waals surface area contributed by atoms with Crippen molar-refractivity contribution in [2.75, 3.05) is 5.75 Å². The Hall–Kier alpha value is -2.75. The minimum absolute atomic E-state index is 0.0394. The van der Waals surface area contributed by atoms with E-state index in [-0.39, 0.29) is 17.2 Å². The molecule has 0 aliphatic heterocycles. The Morgan fingerprint density at radius 1 is 1.15 bits per heavy atom. The summed E-state index contributed by atoms with van der Waals surface area (Å²) in [6.07, 6.45) is 0. The van der Waals surface area contributed by atoms with E-state index in [1.807, 2.05) is 62.7 Å². The summed E-state index contributed by atoms with van der Waals surface area (Å²) in [5.74, 6) is 1.49. The largest absolute Gasteiger partial charge is 0.351 e. The highest BCUT2D eigenvalue weighted by molar-refractivity contribution is 7.99. The zero-order valence-electron chi connectivity index (χ0n) is 15.7. The van der Waals surface area contributed by atoms with Gasteiger partial charge in [-0.15, -0.1) is 20.4 Å². The van der Waals surface area contributed by atoms with Crippen molar-refractivity contribution >= 4 is 17.7 Å². The van der Waals surface area contributed by atoms with E-state index in [2.05, 4.69) is 30.9 Å². The number of thioether (sulfide) groups is 1. The third kappa shape index (κ3) is 5.13. The number of tetrazole rings is 1. The van der Waals surface area contributed by atoms with Crippen molar-refractivity contribution in [1.29, 1.82) is 0 Å². The van der Waals surface area contributed by atoms with E-state index in [1.54, 1.807) is 0 Å². The van der Waals surface area contributed by atoms with Crippen molar-refractivity contribution < 1.29 is 4.79 Å². The van der Waals surface area contributed by atoms with E-state index in [0.717, 1.165) is 5.56 Å². The van der Waals surface area contributed by atoms with E-state index >= 15 is 0 Å². The predicted molar refractivity (Wildman–Crippen MR) is 102 cm³/mol. The van der Waals surface area contributed by atoms with Crippen molar-refractivity contribution in [1.82, 2.24) is 40.3 Å². The normalized spacial score (nSPS) is 11.6. The molecule has 10 heteroatoms. The molecule has 1 amide bonds. The molecule has 2 heterocycles. The molecule has 0 spiro atoms. The second-order valence-corrected chi connectivity index (χ2v) is 8.00. The molecular formula is C17H22N8OS. The van der Waals surface area contributed by atoms with Crippen LogP contribution in [0.25, 0.3) is 11.4 Å². The molecule has 0 aliphatic carbocycles. The number of hydrogen-bond donors (Lipinski definition) is 1. The zero-order chi connectivity index (χ0) is 19.4. The molecule has 142 valence electrons. The van der Waals surface area contributed by atoms with Crippen LogP contribution >= 0.6 is 11.8 Å². The Bertz CT molecular complexity index is 913. The summed E-state index contributed by atoms with van der Waals surface area (Å²) in [5.41, 5.74) is 0.653. The monoisotopic (exact) mass is 386 g/mol. The second kappa shape index (κ2) is 7.87. The summed E-state index contributed by atoms with van der Waals surface area (Å²) >= 11 is 1.34. The van der Waals surface area contributed by atoms with Crippen LogP contribution in [0.1, 0.15) is 26.6 Å². The summed E-state index contributed by atoms with van der Waals surface area (Å²) < 4.78 is 1.83. The molecule has 0 radical (unpaired) electrons. The number of benzene rings is 1.